The molecule has 0 aromatic heterocycles. The Morgan fingerprint density at radius 1 is 1.25 bits per heavy atom. The molecular formula is C10H21NO. The van der Waals surface area contributed by atoms with Gasteiger partial charge in [-0.1, -0.05) is 13.8 Å². The van der Waals surface area contributed by atoms with E-state index in [1.807, 2.05) is 0 Å². The summed E-state index contributed by atoms with van der Waals surface area (Å²) in [6.45, 7) is 5.69. The second-order valence-corrected chi connectivity index (χ2v) is 4.14. The molecule has 0 bridgehead atoms. The molecule has 0 unspecified atom stereocenters. The van der Waals surface area contributed by atoms with Crippen molar-refractivity contribution in [3.05, 3.63) is 0 Å². The number of rotatable bonds is 3. The lowest BCUT2D eigenvalue weighted by Crippen LogP contribution is -2.37. The first-order valence-corrected chi connectivity index (χ1v) is 5.08. The van der Waals surface area contributed by atoms with Gasteiger partial charge in [0.2, 0.25) is 0 Å². The van der Waals surface area contributed by atoms with Gasteiger partial charge in [-0.2, -0.15) is 0 Å². The molecule has 0 aromatic carbocycles. The molecule has 1 saturated carbocycles. The fraction of sp³-hybridized carbons (Fsp3) is 1.00. The van der Waals surface area contributed by atoms with E-state index in [0.29, 0.717) is 6.04 Å². The highest BCUT2D eigenvalue weighted by Crippen LogP contribution is 2.28. The summed E-state index contributed by atoms with van der Waals surface area (Å²) in [6, 6.07) is 0.656. The molecule has 0 saturated heterocycles. The Kier molecular flexibility index (Phi) is 4.02. The van der Waals surface area contributed by atoms with E-state index in [-0.39, 0.29) is 6.61 Å². The van der Waals surface area contributed by atoms with Gasteiger partial charge < -0.3 is 10.4 Å². The minimum Gasteiger partial charge on any atom is -0.395 e. The van der Waals surface area contributed by atoms with Crippen molar-refractivity contribution < 1.29 is 5.11 Å². The molecule has 2 nitrogen and oxygen atoms in total. The second-order valence-electron chi connectivity index (χ2n) is 4.14. The van der Waals surface area contributed by atoms with Crippen LogP contribution in [0.3, 0.4) is 0 Å². The van der Waals surface area contributed by atoms with Crippen molar-refractivity contribution in [2.75, 3.05) is 13.2 Å². The predicted octanol–water partition coefficient (Wildman–Crippen LogP) is 1.39. The summed E-state index contributed by atoms with van der Waals surface area (Å²) in [5, 5.41) is 12.0. The van der Waals surface area contributed by atoms with Gasteiger partial charge in [-0.05, 0) is 31.1 Å². The van der Waals surface area contributed by atoms with Crippen molar-refractivity contribution in [1.82, 2.24) is 5.32 Å². The van der Waals surface area contributed by atoms with Crippen LogP contribution in [0.15, 0.2) is 0 Å². The summed E-state index contributed by atoms with van der Waals surface area (Å²) in [5.74, 6) is 1.73. The number of hydrogen-bond donors (Lipinski definition) is 2. The van der Waals surface area contributed by atoms with Gasteiger partial charge in [-0.15, -0.1) is 0 Å². The predicted molar refractivity (Wildman–Crippen MR) is 51.1 cm³/mol. The van der Waals surface area contributed by atoms with Crippen molar-refractivity contribution in [3.8, 4) is 0 Å². The van der Waals surface area contributed by atoms with Crippen LogP contribution in [-0.2, 0) is 0 Å². The van der Waals surface area contributed by atoms with E-state index < -0.39 is 0 Å². The summed E-state index contributed by atoms with van der Waals surface area (Å²) in [5.41, 5.74) is 0. The van der Waals surface area contributed by atoms with Crippen molar-refractivity contribution in [2.45, 2.75) is 39.2 Å². The average molecular weight is 171 g/mol. The third-order valence-electron chi connectivity index (χ3n) is 3.14. The van der Waals surface area contributed by atoms with Crippen LogP contribution in [-0.4, -0.2) is 24.3 Å². The molecule has 0 aliphatic heterocycles. The molecule has 1 aliphatic rings. The zero-order valence-electron chi connectivity index (χ0n) is 8.21. The molecule has 0 heterocycles. The van der Waals surface area contributed by atoms with Gasteiger partial charge in [-0.25, -0.2) is 0 Å². The summed E-state index contributed by atoms with van der Waals surface area (Å²) in [7, 11) is 0. The third kappa shape index (κ3) is 2.76. The zero-order chi connectivity index (χ0) is 8.97. The fourth-order valence-electron chi connectivity index (χ4n) is 2.00. The molecule has 0 aromatic rings. The van der Waals surface area contributed by atoms with Crippen molar-refractivity contribution in [2.24, 2.45) is 11.8 Å². The molecule has 1 fully saturated rings. The Hall–Kier alpha value is -0.0800. The van der Waals surface area contributed by atoms with Crippen LogP contribution in [0.5, 0.6) is 0 Å². The van der Waals surface area contributed by atoms with Crippen LogP contribution < -0.4 is 5.32 Å². The molecule has 3 atom stereocenters. The second kappa shape index (κ2) is 4.83. The first kappa shape index (κ1) is 10.0. The average Bonchev–Trinajstić information content (AvgIpc) is 2.07. The first-order valence-electron chi connectivity index (χ1n) is 5.08. The smallest absolute Gasteiger partial charge is 0.0556 e. The van der Waals surface area contributed by atoms with E-state index >= 15 is 0 Å². The molecule has 2 heteroatoms. The van der Waals surface area contributed by atoms with Crippen molar-refractivity contribution >= 4 is 0 Å². The quantitative estimate of drug-likeness (QED) is 0.672. The largest absolute Gasteiger partial charge is 0.395 e. The summed E-state index contributed by atoms with van der Waals surface area (Å²) in [6.07, 6.45) is 3.90. The van der Waals surface area contributed by atoms with E-state index in [1.165, 1.54) is 19.3 Å². The lowest BCUT2D eigenvalue weighted by molar-refractivity contribution is 0.212. The Morgan fingerprint density at radius 3 is 2.58 bits per heavy atom. The lowest BCUT2D eigenvalue weighted by Gasteiger charge is -2.32. The Labute approximate surface area is 75.4 Å². The maximum absolute atomic E-state index is 8.65. The highest BCUT2D eigenvalue weighted by atomic mass is 16.3. The molecule has 0 radical (unpaired) electrons. The van der Waals surface area contributed by atoms with Gasteiger partial charge in [0, 0.05) is 12.6 Å². The number of aliphatic hydroxyl groups excluding tert-OH is 1. The summed E-state index contributed by atoms with van der Waals surface area (Å²) < 4.78 is 0. The molecule has 12 heavy (non-hydrogen) atoms. The first-order chi connectivity index (χ1) is 5.74. The van der Waals surface area contributed by atoms with Crippen LogP contribution in [0.2, 0.25) is 0 Å². The van der Waals surface area contributed by atoms with Gasteiger partial charge in [0.25, 0.3) is 0 Å². The SMILES string of the molecule is C[C@@H]1CC[C@@H](NCCO)C[C@@H]1C. The topological polar surface area (TPSA) is 32.3 Å². The highest BCUT2D eigenvalue weighted by Gasteiger charge is 2.23. The minimum absolute atomic E-state index is 0.264. The van der Waals surface area contributed by atoms with Gasteiger partial charge in [0.15, 0.2) is 0 Å². The van der Waals surface area contributed by atoms with E-state index in [1.54, 1.807) is 0 Å². The van der Waals surface area contributed by atoms with Crippen LogP contribution in [0.4, 0.5) is 0 Å². The molecule has 72 valence electrons. The summed E-state index contributed by atoms with van der Waals surface area (Å²) >= 11 is 0. The van der Waals surface area contributed by atoms with Gasteiger partial charge in [0.05, 0.1) is 6.61 Å². The van der Waals surface area contributed by atoms with Crippen molar-refractivity contribution in [3.63, 3.8) is 0 Å². The molecule has 1 rings (SSSR count). The van der Waals surface area contributed by atoms with Gasteiger partial charge >= 0.3 is 0 Å². The third-order valence-corrected chi connectivity index (χ3v) is 3.14. The fourth-order valence-corrected chi connectivity index (χ4v) is 2.00. The van der Waals surface area contributed by atoms with Gasteiger partial charge in [-0.3, -0.25) is 0 Å². The Bertz CT molecular complexity index is 125. The number of nitrogens with one attached hydrogen (secondary N) is 1. The molecule has 1 aliphatic carbocycles. The minimum atomic E-state index is 0.264. The van der Waals surface area contributed by atoms with Crippen LogP contribution in [0.1, 0.15) is 33.1 Å². The molecule has 0 spiro atoms. The normalized spacial score (nSPS) is 36.8. The van der Waals surface area contributed by atoms with Crippen LogP contribution in [0.25, 0.3) is 0 Å². The number of aliphatic hydroxyl groups is 1. The van der Waals surface area contributed by atoms with E-state index in [9.17, 15) is 0 Å². The standard InChI is InChI=1S/C10H21NO/c1-8-3-4-10(7-9(8)2)11-5-6-12/h8-12H,3-7H2,1-2H3/t8-,9+,10-/m1/s1. The monoisotopic (exact) mass is 171 g/mol. The Morgan fingerprint density at radius 2 is 2.00 bits per heavy atom. The maximum Gasteiger partial charge on any atom is 0.0556 e. The molecule has 0 amide bonds. The summed E-state index contributed by atoms with van der Waals surface area (Å²) in [4.78, 5) is 0. The van der Waals surface area contributed by atoms with Crippen molar-refractivity contribution in [1.29, 1.82) is 0 Å². The zero-order valence-corrected chi connectivity index (χ0v) is 8.21. The lowest BCUT2D eigenvalue weighted by atomic mass is 9.79. The Balaban J connectivity index is 2.21. The van der Waals surface area contributed by atoms with E-state index in [4.69, 9.17) is 5.11 Å². The van der Waals surface area contributed by atoms with E-state index in [2.05, 4.69) is 19.2 Å². The van der Waals surface area contributed by atoms with Crippen LogP contribution >= 0.6 is 0 Å². The van der Waals surface area contributed by atoms with Crippen LogP contribution in [0, 0.1) is 11.8 Å². The molecule has 2 N–H and O–H groups in total. The molecular weight excluding hydrogens is 150 g/mol. The van der Waals surface area contributed by atoms with Gasteiger partial charge in [0.1, 0.15) is 0 Å². The maximum atomic E-state index is 8.65. The van der Waals surface area contributed by atoms with E-state index in [0.717, 1.165) is 18.4 Å². The highest BCUT2D eigenvalue weighted by molar-refractivity contribution is 4.79. The number of hydrogen-bond acceptors (Lipinski definition) is 2.